The van der Waals surface area contributed by atoms with E-state index in [0.717, 1.165) is 14.9 Å². The Morgan fingerprint density at radius 1 is 1.33 bits per heavy atom. The lowest BCUT2D eigenvalue weighted by Gasteiger charge is -2.17. The number of hydrogen-bond donors (Lipinski definition) is 1. The lowest BCUT2D eigenvalue weighted by molar-refractivity contribution is 0.467. The van der Waals surface area contributed by atoms with Crippen LogP contribution in [0, 0.1) is 0 Å². The zero-order valence-electron chi connectivity index (χ0n) is 11.8. The maximum absolute atomic E-state index is 12.5. The van der Waals surface area contributed by atoms with Crippen LogP contribution in [-0.2, 0) is 16.6 Å². The van der Waals surface area contributed by atoms with Crippen LogP contribution < -0.4 is 5.73 Å². The Morgan fingerprint density at radius 2 is 1.95 bits per heavy atom. The fourth-order valence-electron chi connectivity index (χ4n) is 1.89. The van der Waals surface area contributed by atoms with E-state index in [9.17, 15) is 8.42 Å². The van der Waals surface area contributed by atoms with Crippen molar-refractivity contribution in [2.45, 2.75) is 24.4 Å². The maximum Gasteiger partial charge on any atom is 0.243 e. The summed E-state index contributed by atoms with van der Waals surface area (Å²) < 4.78 is 27.4. The molecule has 21 heavy (non-hydrogen) atoms. The molecule has 0 saturated heterocycles. The molecular formula is C14H17BrN2O2S2. The maximum atomic E-state index is 12.5. The molecule has 1 atom stereocenters. The van der Waals surface area contributed by atoms with Crippen molar-refractivity contribution in [1.29, 1.82) is 0 Å². The zero-order valence-corrected chi connectivity index (χ0v) is 15.0. The van der Waals surface area contributed by atoms with E-state index >= 15 is 0 Å². The first-order valence-corrected chi connectivity index (χ1v) is 9.47. The number of sulfonamides is 1. The van der Waals surface area contributed by atoms with E-state index in [1.807, 2.05) is 18.4 Å². The van der Waals surface area contributed by atoms with Gasteiger partial charge in [0.1, 0.15) is 0 Å². The molecule has 0 spiro atoms. The zero-order chi connectivity index (χ0) is 15.6. The van der Waals surface area contributed by atoms with Crippen molar-refractivity contribution in [2.24, 2.45) is 5.73 Å². The molecule has 0 aliphatic heterocycles. The molecule has 0 saturated carbocycles. The number of benzene rings is 1. The van der Waals surface area contributed by atoms with Gasteiger partial charge in [-0.05, 0) is 57.6 Å². The first-order valence-electron chi connectivity index (χ1n) is 6.35. The van der Waals surface area contributed by atoms with Gasteiger partial charge in [0.05, 0.1) is 8.68 Å². The minimum Gasteiger partial charge on any atom is -0.324 e. The number of nitrogens with two attached hydrogens (primary N) is 1. The number of nitrogens with zero attached hydrogens (tertiary/aromatic N) is 1. The summed E-state index contributed by atoms with van der Waals surface area (Å²) in [7, 11) is -1.90. The van der Waals surface area contributed by atoms with Gasteiger partial charge in [0.15, 0.2) is 0 Å². The molecule has 1 aromatic heterocycles. The Hall–Kier alpha value is -0.730. The van der Waals surface area contributed by atoms with E-state index in [4.69, 9.17) is 5.73 Å². The van der Waals surface area contributed by atoms with Crippen molar-refractivity contribution < 1.29 is 8.42 Å². The normalized spacial score (nSPS) is 13.6. The first kappa shape index (κ1) is 16.6. The second kappa shape index (κ2) is 6.58. The standard InChI is InChI=1S/C14H17BrN2O2S2/c1-10(16)12-3-5-13(6-4-12)21(18,19)17(2)8-11-7-14(15)20-9-11/h3-7,9-10H,8,16H2,1-2H3. The molecule has 1 heterocycles. The van der Waals surface area contributed by atoms with Crippen LogP contribution in [0.4, 0.5) is 0 Å². The average Bonchev–Trinajstić information content (AvgIpc) is 2.84. The first-order chi connectivity index (χ1) is 9.80. The highest BCUT2D eigenvalue weighted by Crippen LogP contribution is 2.24. The average molecular weight is 389 g/mol. The van der Waals surface area contributed by atoms with Crippen LogP contribution in [-0.4, -0.2) is 19.8 Å². The molecule has 0 bridgehead atoms. The SMILES string of the molecule is CC(N)c1ccc(S(=O)(=O)N(C)Cc2csc(Br)c2)cc1. The molecule has 1 unspecified atom stereocenters. The molecular weight excluding hydrogens is 372 g/mol. The van der Waals surface area contributed by atoms with E-state index < -0.39 is 10.0 Å². The number of rotatable bonds is 5. The number of hydrogen-bond acceptors (Lipinski definition) is 4. The number of halogens is 1. The molecule has 2 aromatic rings. The minimum absolute atomic E-state index is 0.109. The van der Waals surface area contributed by atoms with Crippen molar-refractivity contribution in [1.82, 2.24) is 4.31 Å². The van der Waals surface area contributed by atoms with Gasteiger partial charge in [-0.2, -0.15) is 4.31 Å². The topological polar surface area (TPSA) is 63.4 Å². The summed E-state index contributed by atoms with van der Waals surface area (Å²) in [6.07, 6.45) is 0. The van der Waals surface area contributed by atoms with Crippen molar-refractivity contribution in [3.63, 3.8) is 0 Å². The van der Waals surface area contributed by atoms with Crippen LogP contribution in [0.2, 0.25) is 0 Å². The number of thiophene rings is 1. The van der Waals surface area contributed by atoms with Gasteiger partial charge in [-0.25, -0.2) is 8.42 Å². The van der Waals surface area contributed by atoms with Gasteiger partial charge in [-0.1, -0.05) is 12.1 Å². The molecule has 0 fully saturated rings. The van der Waals surface area contributed by atoms with Crippen molar-refractivity contribution >= 4 is 37.3 Å². The molecule has 0 radical (unpaired) electrons. The van der Waals surface area contributed by atoms with Crippen molar-refractivity contribution in [2.75, 3.05) is 7.05 Å². The Labute approximate surface area is 137 Å². The molecule has 7 heteroatoms. The van der Waals surface area contributed by atoms with Crippen molar-refractivity contribution in [3.8, 4) is 0 Å². The monoisotopic (exact) mass is 388 g/mol. The second-order valence-electron chi connectivity index (χ2n) is 4.88. The Balaban J connectivity index is 2.20. The predicted molar refractivity (Wildman–Crippen MR) is 89.7 cm³/mol. The highest BCUT2D eigenvalue weighted by Gasteiger charge is 2.21. The Bertz CT molecular complexity index is 709. The van der Waals surface area contributed by atoms with Crippen LogP contribution in [0.15, 0.2) is 44.4 Å². The van der Waals surface area contributed by atoms with Gasteiger partial charge in [0, 0.05) is 19.6 Å². The van der Waals surface area contributed by atoms with E-state index in [0.29, 0.717) is 6.54 Å². The summed E-state index contributed by atoms with van der Waals surface area (Å²) in [5.41, 5.74) is 7.65. The molecule has 114 valence electrons. The third-order valence-corrected chi connectivity index (χ3v) is 6.51. The lowest BCUT2D eigenvalue weighted by Crippen LogP contribution is -2.26. The Kier molecular flexibility index (Phi) is 5.21. The van der Waals surface area contributed by atoms with E-state index in [1.165, 1.54) is 15.6 Å². The minimum atomic E-state index is -3.49. The van der Waals surface area contributed by atoms with E-state index in [1.54, 1.807) is 31.3 Å². The van der Waals surface area contributed by atoms with Gasteiger partial charge in [0.25, 0.3) is 0 Å². The summed E-state index contributed by atoms with van der Waals surface area (Å²) in [6, 6.07) is 8.54. The van der Waals surface area contributed by atoms with Gasteiger partial charge in [0.2, 0.25) is 10.0 Å². The van der Waals surface area contributed by atoms with Crippen LogP contribution in [0.1, 0.15) is 24.1 Å². The van der Waals surface area contributed by atoms with Gasteiger partial charge < -0.3 is 5.73 Å². The summed E-state index contributed by atoms with van der Waals surface area (Å²) >= 11 is 4.92. The molecule has 1 aromatic carbocycles. The second-order valence-corrected chi connectivity index (χ2v) is 9.21. The molecule has 2 rings (SSSR count). The quantitative estimate of drug-likeness (QED) is 0.853. The van der Waals surface area contributed by atoms with Crippen LogP contribution in [0.5, 0.6) is 0 Å². The summed E-state index contributed by atoms with van der Waals surface area (Å²) in [4.78, 5) is 0.281. The third kappa shape index (κ3) is 3.92. The van der Waals surface area contributed by atoms with Gasteiger partial charge in [-0.15, -0.1) is 11.3 Å². The van der Waals surface area contributed by atoms with Crippen LogP contribution >= 0.6 is 27.3 Å². The van der Waals surface area contributed by atoms with Crippen molar-refractivity contribution in [3.05, 3.63) is 50.6 Å². The highest BCUT2D eigenvalue weighted by molar-refractivity contribution is 9.11. The predicted octanol–water partition coefficient (Wildman–Crippen LogP) is 3.35. The molecule has 0 aliphatic rings. The molecule has 0 aliphatic carbocycles. The highest BCUT2D eigenvalue weighted by atomic mass is 79.9. The largest absolute Gasteiger partial charge is 0.324 e. The van der Waals surface area contributed by atoms with Gasteiger partial charge >= 0.3 is 0 Å². The van der Waals surface area contributed by atoms with Crippen LogP contribution in [0.3, 0.4) is 0 Å². The summed E-state index contributed by atoms with van der Waals surface area (Å²) in [5.74, 6) is 0. The fourth-order valence-corrected chi connectivity index (χ4v) is 4.25. The molecule has 0 amide bonds. The smallest absolute Gasteiger partial charge is 0.243 e. The molecule has 2 N–H and O–H groups in total. The van der Waals surface area contributed by atoms with E-state index in [2.05, 4.69) is 15.9 Å². The van der Waals surface area contributed by atoms with Crippen LogP contribution in [0.25, 0.3) is 0 Å². The third-order valence-electron chi connectivity index (χ3n) is 3.14. The summed E-state index contributed by atoms with van der Waals surface area (Å²) in [5, 5.41) is 1.94. The summed E-state index contributed by atoms with van der Waals surface area (Å²) in [6.45, 7) is 2.21. The Morgan fingerprint density at radius 3 is 2.43 bits per heavy atom. The van der Waals surface area contributed by atoms with E-state index in [-0.39, 0.29) is 10.9 Å². The van der Waals surface area contributed by atoms with Gasteiger partial charge in [-0.3, -0.25) is 0 Å². The lowest BCUT2D eigenvalue weighted by atomic mass is 10.1. The fraction of sp³-hybridized carbons (Fsp3) is 0.286. The molecule has 4 nitrogen and oxygen atoms in total.